The van der Waals surface area contributed by atoms with Crippen LogP contribution < -0.4 is 26.6 Å². The molecule has 13 heteroatoms. The van der Waals surface area contributed by atoms with Crippen LogP contribution in [0.3, 0.4) is 0 Å². The zero-order valence-corrected chi connectivity index (χ0v) is 26.2. The fourth-order valence-electron chi connectivity index (χ4n) is 5.82. The van der Waals surface area contributed by atoms with Crippen molar-refractivity contribution in [3.63, 3.8) is 0 Å². The fourth-order valence-corrected chi connectivity index (χ4v) is 5.82. The first kappa shape index (κ1) is 33.6. The molecule has 2 aliphatic rings. The molecule has 0 atom stereocenters. The summed E-state index contributed by atoms with van der Waals surface area (Å²) in [5.41, 5.74) is 1.67. The summed E-state index contributed by atoms with van der Waals surface area (Å²) in [5.74, 6) is 1.29. The van der Waals surface area contributed by atoms with Crippen molar-refractivity contribution in [3.05, 3.63) is 29.3 Å². The third-order valence-electron chi connectivity index (χ3n) is 8.23. The topological polar surface area (TPSA) is 170 Å². The zero-order chi connectivity index (χ0) is 31.0. The Kier molecular flexibility index (Phi) is 14.1. The van der Waals surface area contributed by atoms with Gasteiger partial charge in [0, 0.05) is 62.4 Å². The van der Waals surface area contributed by atoms with Crippen LogP contribution in [0.4, 0.5) is 11.8 Å². The quantitative estimate of drug-likeness (QED) is 0.128. The SMILES string of the molecule is Cc1cc(NC2CCN(C(=O)CCNCC(=O)O)CC2)nc(NCc2cc(CCCNCCCNC3CCCCC3)on2)n1. The van der Waals surface area contributed by atoms with Crippen LogP contribution in [0.15, 0.2) is 16.7 Å². The van der Waals surface area contributed by atoms with E-state index in [9.17, 15) is 9.59 Å². The van der Waals surface area contributed by atoms with E-state index in [1.807, 2.05) is 24.0 Å². The number of hydrogen-bond donors (Lipinski definition) is 6. The monoisotopic (exact) mass is 613 g/mol. The lowest BCUT2D eigenvalue weighted by atomic mass is 9.95. The molecule has 0 spiro atoms. The van der Waals surface area contributed by atoms with Crippen LogP contribution in [-0.2, 0) is 22.6 Å². The van der Waals surface area contributed by atoms with Gasteiger partial charge in [-0.05, 0) is 65.1 Å². The van der Waals surface area contributed by atoms with Gasteiger partial charge in [0.15, 0.2) is 0 Å². The Morgan fingerprint density at radius 2 is 1.75 bits per heavy atom. The van der Waals surface area contributed by atoms with E-state index in [0.29, 0.717) is 38.5 Å². The van der Waals surface area contributed by atoms with Gasteiger partial charge in [-0.2, -0.15) is 4.98 Å². The van der Waals surface area contributed by atoms with Crippen molar-refractivity contribution in [2.45, 2.75) is 96.2 Å². The summed E-state index contributed by atoms with van der Waals surface area (Å²) < 4.78 is 5.54. The number of amides is 1. The molecule has 0 radical (unpaired) electrons. The van der Waals surface area contributed by atoms with Crippen LogP contribution >= 0.6 is 0 Å². The lowest BCUT2D eigenvalue weighted by molar-refractivity contribution is -0.136. The molecule has 13 nitrogen and oxygen atoms in total. The first-order valence-corrected chi connectivity index (χ1v) is 16.4. The molecule has 0 bridgehead atoms. The number of carboxylic acid groups (broad SMARTS) is 1. The number of carbonyl (C=O) groups is 2. The molecular weight excluding hydrogens is 562 g/mol. The summed E-state index contributed by atoms with van der Waals surface area (Å²) in [6, 6.07) is 4.86. The van der Waals surface area contributed by atoms with E-state index in [1.165, 1.54) is 32.1 Å². The number of aromatic nitrogens is 3. The van der Waals surface area contributed by atoms with Crippen molar-refractivity contribution in [1.82, 2.24) is 36.0 Å². The van der Waals surface area contributed by atoms with Gasteiger partial charge in [-0.25, -0.2) is 4.98 Å². The van der Waals surface area contributed by atoms with E-state index in [4.69, 9.17) is 9.63 Å². The molecule has 0 aromatic carbocycles. The smallest absolute Gasteiger partial charge is 0.317 e. The van der Waals surface area contributed by atoms with Crippen LogP contribution in [-0.4, -0.2) is 94.9 Å². The van der Waals surface area contributed by atoms with Crippen LogP contribution in [0.25, 0.3) is 0 Å². The largest absolute Gasteiger partial charge is 0.480 e. The Morgan fingerprint density at radius 1 is 0.955 bits per heavy atom. The van der Waals surface area contributed by atoms with Gasteiger partial charge >= 0.3 is 5.97 Å². The highest BCUT2D eigenvalue weighted by Gasteiger charge is 2.23. The van der Waals surface area contributed by atoms with E-state index < -0.39 is 5.97 Å². The van der Waals surface area contributed by atoms with Crippen molar-refractivity contribution in [3.8, 4) is 0 Å². The minimum Gasteiger partial charge on any atom is -0.480 e. The van der Waals surface area contributed by atoms with E-state index in [0.717, 1.165) is 80.7 Å². The Balaban J connectivity index is 1.09. The summed E-state index contributed by atoms with van der Waals surface area (Å²) in [6.45, 7) is 7.06. The summed E-state index contributed by atoms with van der Waals surface area (Å²) in [7, 11) is 0. The van der Waals surface area contributed by atoms with Gasteiger partial charge in [0.05, 0.1) is 13.1 Å². The number of carboxylic acids is 1. The number of rotatable bonds is 19. The second kappa shape index (κ2) is 18.5. The molecule has 6 N–H and O–H groups in total. The highest BCUT2D eigenvalue weighted by Crippen LogP contribution is 2.19. The van der Waals surface area contributed by atoms with Crippen LogP contribution in [0, 0.1) is 6.92 Å². The summed E-state index contributed by atoms with van der Waals surface area (Å²) in [5, 5.41) is 29.7. The first-order valence-electron chi connectivity index (χ1n) is 16.4. The van der Waals surface area contributed by atoms with Crippen LogP contribution in [0.2, 0.25) is 0 Å². The summed E-state index contributed by atoms with van der Waals surface area (Å²) >= 11 is 0. The minimum atomic E-state index is -0.924. The number of aliphatic carboxylic acids is 1. The normalized spacial score (nSPS) is 16.2. The lowest BCUT2D eigenvalue weighted by Gasteiger charge is -2.32. The minimum absolute atomic E-state index is 0.0476. The predicted octanol–water partition coefficient (Wildman–Crippen LogP) is 2.69. The van der Waals surface area contributed by atoms with E-state index >= 15 is 0 Å². The molecule has 2 fully saturated rings. The Hall–Kier alpha value is -3.29. The molecule has 0 unspecified atom stereocenters. The molecule has 1 saturated heterocycles. The maximum atomic E-state index is 12.4. The molecular formula is C31H51N9O4. The molecule has 1 saturated carbocycles. The zero-order valence-electron chi connectivity index (χ0n) is 26.2. The average molecular weight is 614 g/mol. The molecule has 1 aliphatic carbocycles. The van der Waals surface area contributed by atoms with Gasteiger partial charge in [-0.1, -0.05) is 24.4 Å². The van der Waals surface area contributed by atoms with E-state index in [2.05, 4.69) is 41.7 Å². The summed E-state index contributed by atoms with van der Waals surface area (Å²) in [6.07, 6.45) is 11.8. The number of nitrogens with zero attached hydrogens (tertiary/aromatic N) is 4. The Bertz CT molecular complexity index is 1150. The lowest BCUT2D eigenvalue weighted by Crippen LogP contribution is -2.43. The number of likely N-dealkylation sites (tertiary alicyclic amines) is 1. The Labute approximate surface area is 260 Å². The number of carbonyl (C=O) groups excluding carboxylic acids is 1. The summed E-state index contributed by atoms with van der Waals surface area (Å²) in [4.78, 5) is 34.0. The highest BCUT2D eigenvalue weighted by molar-refractivity contribution is 5.76. The first-order chi connectivity index (χ1) is 21.4. The number of aryl methyl sites for hydroxylation is 2. The average Bonchev–Trinajstić information content (AvgIpc) is 3.48. The van der Waals surface area contributed by atoms with Crippen molar-refractivity contribution in [1.29, 1.82) is 0 Å². The molecule has 1 aliphatic heterocycles. The second-order valence-corrected chi connectivity index (χ2v) is 12.0. The van der Waals surface area contributed by atoms with Crippen molar-refractivity contribution in [2.75, 3.05) is 56.4 Å². The number of piperidine rings is 1. The van der Waals surface area contributed by atoms with Crippen molar-refractivity contribution in [2.24, 2.45) is 0 Å². The van der Waals surface area contributed by atoms with E-state index in [1.54, 1.807) is 0 Å². The number of hydrogen-bond acceptors (Lipinski definition) is 11. The van der Waals surface area contributed by atoms with Gasteiger partial charge in [0.25, 0.3) is 0 Å². The van der Waals surface area contributed by atoms with Crippen molar-refractivity contribution < 1.29 is 19.2 Å². The number of anilines is 2. The van der Waals surface area contributed by atoms with E-state index in [-0.39, 0.29) is 18.5 Å². The van der Waals surface area contributed by atoms with Crippen molar-refractivity contribution >= 4 is 23.6 Å². The molecule has 44 heavy (non-hydrogen) atoms. The number of nitrogens with one attached hydrogen (secondary N) is 5. The molecule has 1 amide bonds. The maximum absolute atomic E-state index is 12.4. The van der Waals surface area contributed by atoms with Gasteiger partial charge in [0.1, 0.15) is 17.3 Å². The Morgan fingerprint density at radius 3 is 2.55 bits per heavy atom. The van der Waals surface area contributed by atoms with Gasteiger partial charge in [0.2, 0.25) is 11.9 Å². The predicted molar refractivity (Wildman–Crippen MR) is 170 cm³/mol. The molecule has 244 valence electrons. The maximum Gasteiger partial charge on any atom is 0.317 e. The van der Waals surface area contributed by atoms with Gasteiger partial charge < -0.3 is 41.1 Å². The van der Waals surface area contributed by atoms with Crippen LogP contribution in [0.1, 0.15) is 81.4 Å². The molecule has 3 heterocycles. The second-order valence-electron chi connectivity index (χ2n) is 12.0. The molecule has 2 aromatic rings. The third kappa shape index (κ3) is 12.4. The fraction of sp³-hybridized carbons (Fsp3) is 0.710. The third-order valence-corrected chi connectivity index (χ3v) is 8.23. The molecule has 4 rings (SSSR count). The van der Waals surface area contributed by atoms with Gasteiger partial charge in [-0.3, -0.25) is 9.59 Å². The molecule has 2 aromatic heterocycles. The van der Waals surface area contributed by atoms with Crippen LogP contribution in [0.5, 0.6) is 0 Å². The highest BCUT2D eigenvalue weighted by atomic mass is 16.5. The van der Waals surface area contributed by atoms with Gasteiger partial charge in [-0.15, -0.1) is 0 Å². The standard InChI is InChI=1S/C31H51N9O4/c1-23-19-28(37-25-11-17-40(18-12-25)29(41)10-16-33-22-30(42)43)38-31(36-23)35-21-26-20-27(44-39-26)9-5-13-32-14-6-15-34-24-7-3-2-4-8-24/h19-20,24-25,32-34H,2-18,21-22H2,1H3,(H,42,43)(H2,35,36,37,38).